The van der Waals surface area contributed by atoms with Crippen LogP contribution in [0.3, 0.4) is 0 Å². The molecule has 0 radical (unpaired) electrons. The molecule has 0 N–H and O–H groups in total. The third-order valence-corrected chi connectivity index (χ3v) is 2.62. The van der Waals surface area contributed by atoms with Crippen molar-refractivity contribution in [2.24, 2.45) is 0 Å². The Morgan fingerprint density at radius 1 is 1.62 bits per heavy atom. The second kappa shape index (κ2) is 4.99. The Kier molecular flexibility index (Phi) is 3.63. The molecule has 1 aromatic rings. The highest BCUT2D eigenvalue weighted by atomic mass is 79.9. The SMILES string of the molecule is COC(=O)CC1COC(c2ccc(Br)o2)O1. The van der Waals surface area contributed by atoms with E-state index in [2.05, 4.69) is 20.7 Å². The van der Waals surface area contributed by atoms with Crippen LogP contribution in [0, 0.1) is 0 Å². The zero-order chi connectivity index (χ0) is 11.5. The molecule has 2 unspecified atom stereocenters. The summed E-state index contributed by atoms with van der Waals surface area (Å²) in [5, 5.41) is 0. The molecule has 2 heterocycles. The first-order valence-electron chi connectivity index (χ1n) is 4.78. The monoisotopic (exact) mass is 290 g/mol. The van der Waals surface area contributed by atoms with Crippen molar-refractivity contribution < 1.29 is 23.4 Å². The van der Waals surface area contributed by atoms with Crippen LogP contribution >= 0.6 is 15.9 Å². The van der Waals surface area contributed by atoms with Crippen molar-refractivity contribution in [2.45, 2.75) is 18.8 Å². The van der Waals surface area contributed by atoms with Crippen molar-refractivity contribution in [1.29, 1.82) is 0 Å². The van der Waals surface area contributed by atoms with Crippen LogP contribution in [-0.4, -0.2) is 25.8 Å². The molecule has 0 bridgehead atoms. The van der Waals surface area contributed by atoms with E-state index in [0.29, 0.717) is 17.0 Å². The van der Waals surface area contributed by atoms with Crippen LogP contribution < -0.4 is 0 Å². The molecule has 6 heteroatoms. The van der Waals surface area contributed by atoms with Crippen molar-refractivity contribution in [1.82, 2.24) is 0 Å². The van der Waals surface area contributed by atoms with Crippen LogP contribution in [0.25, 0.3) is 0 Å². The van der Waals surface area contributed by atoms with Crippen molar-refractivity contribution in [3.63, 3.8) is 0 Å². The van der Waals surface area contributed by atoms with Gasteiger partial charge in [0, 0.05) is 0 Å². The van der Waals surface area contributed by atoms with E-state index in [9.17, 15) is 4.79 Å². The van der Waals surface area contributed by atoms with Crippen molar-refractivity contribution in [3.8, 4) is 0 Å². The average molecular weight is 291 g/mol. The Morgan fingerprint density at radius 3 is 3.06 bits per heavy atom. The van der Waals surface area contributed by atoms with Gasteiger partial charge in [-0.3, -0.25) is 4.79 Å². The lowest BCUT2D eigenvalue weighted by molar-refractivity contribution is -0.144. The molecule has 16 heavy (non-hydrogen) atoms. The van der Waals surface area contributed by atoms with Crippen LogP contribution in [0.2, 0.25) is 0 Å². The van der Waals surface area contributed by atoms with Gasteiger partial charge < -0.3 is 18.6 Å². The molecule has 1 aromatic heterocycles. The van der Waals surface area contributed by atoms with Crippen LogP contribution in [0.4, 0.5) is 0 Å². The van der Waals surface area contributed by atoms with E-state index in [1.54, 1.807) is 12.1 Å². The number of hydrogen-bond acceptors (Lipinski definition) is 5. The minimum Gasteiger partial charge on any atom is -0.469 e. The van der Waals surface area contributed by atoms with E-state index in [1.807, 2.05) is 0 Å². The molecule has 0 aromatic carbocycles. The number of carbonyl (C=O) groups excluding carboxylic acids is 1. The summed E-state index contributed by atoms with van der Waals surface area (Å²) in [6.07, 6.45) is -0.628. The van der Waals surface area contributed by atoms with Gasteiger partial charge in [-0.25, -0.2) is 0 Å². The number of methoxy groups -OCH3 is 1. The summed E-state index contributed by atoms with van der Waals surface area (Å²) in [5.74, 6) is 0.272. The van der Waals surface area contributed by atoms with Gasteiger partial charge in [-0.05, 0) is 28.1 Å². The van der Waals surface area contributed by atoms with E-state index in [-0.39, 0.29) is 18.5 Å². The summed E-state index contributed by atoms with van der Waals surface area (Å²) >= 11 is 3.19. The molecule has 0 spiro atoms. The number of halogens is 1. The van der Waals surface area contributed by atoms with Crippen LogP contribution in [0.5, 0.6) is 0 Å². The second-order valence-electron chi connectivity index (χ2n) is 3.35. The summed E-state index contributed by atoms with van der Waals surface area (Å²) in [7, 11) is 1.35. The van der Waals surface area contributed by atoms with Gasteiger partial charge in [0.05, 0.1) is 26.2 Å². The first kappa shape index (κ1) is 11.6. The van der Waals surface area contributed by atoms with Gasteiger partial charge in [-0.2, -0.15) is 0 Å². The molecule has 0 amide bonds. The number of carbonyl (C=O) groups is 1. The third-order valence-electron chi connectivity index (χ3n) is 2.20. The van der Waals surface area contributed by atoms with E-state index in [0.717, 1.165) is 0 Å². The quantitative estimate of drug-likeness (QED) is 0.797. The van der Waals surface area contributed by atoms with Gasteiger partial charge >= 0.3 is 5.97 Å². The highest BCUT2D eigenvalue weighted by Gasteiger charge is 2.31. The molecule has 0 saturated carbocycles. The standard InChI is InChI=1S/C10H11BrO5/c1-13-9(12)4-6-5-14-10(15-6)7-2-3-8(11)16-7/h2-3,6,10H,4-5H2,1H3. The first-order valence-corrected chi connectivity index (χ1v) is 5.57. The molecular formula is C10H11BrO5. The molecule has 5 nitrogen and oxygen atoms in total. The summed E-state index contributed by atoms with van der Waals surface area (Å²) < 4.78 is 21.3. The molecule has 1 aliphatic heterocycles. The van der Waals surface area contributed by atoms with Gasteiger partial charge in [-0.1, -0.05) is 0 Å². The van der Waals surface area contributed by atoms with E-state index in [1.165, 1.54) is 7.11 Å². The smallest absolute Gasteiger partial charge is 0.308 e. The second-order valence-corrected chi connectivity index (χ2v) is 4.13. The first-order chi connectivity index (χ1) is 7.69. The average Bonchev–Trinajstić information content (AvgIpc) is 2.87. The number of hydrogen-bond donors (Lipinski definition) is 0. The van der Waals surface area contributed by atoms with Crippen LogP contribution in [0.15, 0.2) is 21.2 Å². The topological polar surface area (TPSA) is 57.9 Å². The fourth-order valence-electron chi connectivity index (χ4n) is 1.43. The maximum Gasteiger partial charge on any atom is 0.308 e. The predicted molar refractivity (Wildman–Crippen MR) is 56.6 cm³/mol. The number of furan rings is 1. The molecule has 0 aliphatic carbocycles. The van der Waals surface area contributed by atoms with Gasteiger partial charge in [0.15, 0.2) is 10.4 Å². The van der Waals surface area contributed by atoms with Gasteiger partial charge in [0.25, 0.3) is 0 Å². The lowest BCUT2D eigenvalue weighted by Crippen LogP contribution is -2.16. The minimum atomic E-state index is -0.541. The maximum atomic E-state index is 11.0. The maximum absolute atomic E-state index is 11.0. The normalized spacial score (nSPS) is 24.6. The molecular weight excluding hydrogens is 280 g/mol. The van der Waals surface area contributed by atoms with Crippen molar-refractivity contribution in [3.05, 3.63) is 22.6 Å². The zero-order valence-electron chi connectivity index (χ0n) is 8.64. The minimum absolute atomic E-state index is 0.189. The van der Waals surface area contributed by atoms with Crippen LogP contribution in [0.1, 0.15) is 18.5 Å². The van der Waals surface area contributed by atoms with E-state index in [4.69, 9.17) is 13.9 Å². The fourth-order valence-corrected chi connectivity index (χ4v) is 1.75. The van der Waals surface area contributed by atoms with Gasteiger partial charge in [0.2, 0.25) is 6.29 Å². The van der Waals surface area contributed by atoms with Crippen molar-refractivity contribution >= 4 is 21.9 Å². The number of ether oxygens (including phenoxy) is 3. The molecule has 2 rings (SSSR count). The van der Waals surface area contributed by atoms with Crippen molar-refractivity contribution in [2.75, 3.05) is 13.7 Å². The Bertz CT molecular complexity index is 375. The third kappa shape index (κ3) is 2.63. The summed E-state index contributed by atoms with van der Waals surface area (Å²) in [6.45, 7) is 0.359. The van der Waals surface area contributed by atoms with Crippen LogP contribution in [-0.2, 0) is 19.0 Å². The van der Waals surface area contributed by atoms with E-state index < -0.39 is 6.29 Å². The molecule has 2 atom stereocenters. The summed E-state index contributed by atoms with van der Waals surface area (Å²) in [4.78, 5) is 11.0. The van der Waals surface area contributed by atoms with E-state index >= 15 is 0 Å². The Balaban J connectivity index is 1.90. The lowest BCUT2D eigenvalue weighted by Gasteiger charge is -2.08. The van der Waals surface area contributed by atoms with Gasteiger partial charge in [-0.15, -0.1) is 0 Å². The highest BCUT2D eigenvalue weighted by Crippen LogP contribution is 2.30. The summed E-state index contributed by atoms with van der Waals surface area (Å²) in [5.41, 5.74) is 0. The molecule has 1 aliphatic rings. The molecule has 1 fully saturated rings. The molecule has 88 valence electrons. The zero-order valence-corrected chi connectivity index (χ0v) is 10.2. The Hall–Kier alpha value is -0.850. The Morgan fingerprint density at radius 2 is 2.44 bits per heavy atom. The molecule has 1 saturated heterocycles. The number of esters is 1. The highest BCUT2D eigenvalue weighted by molar-refractivity contribution is 9.10. The fraction of sp³-hybridized carbons (Fsp3) is 0.500. The lowest BCUT2D eigenvalue weighted by atomic mass is 10.3. The summed E-state index contributed by atoms with van der Waals surface area (Å²) in [6, 6.07) is 3.52. The predicted octanol–water partition coefficient (Wildman–Crippen LogP) is 2.02. The number of rotatable bonds is 3. The Labute approximate surface area is 101 Å². The largest absolute Gasteiger partial charge is 0.469 e. The van der Waals surface area contributed by atoms with Gasteiger partial charge in [0.1, 0.15) is 0 Å².